The van der Waals surface area contributed by atoms with Crippen molar-refractivity contribution >= 4 is 5.97 Å². The fraction of sp³-hybridized carbons (Fsp3) is 0.500. The summed E-state index contributed by atoms with van der Waals surface area (Å²) in [6.07, 6.45) is -1.95. The summed E-state index contributed by atoms with van der Waals surface area (Å²) in [5.74, 6) is -6.40. The van der Waals surface area contributed by atoms with Crippen LogP contribution in [0.25, 0.3) is 0 Å². The molecular weight excluding hydrogens is 200 g/mol. The summed E-state index contributed by atoms with van der Waals surface area (Å²) < 4.78 is 4.11. The van der Waals surface area contributed by atoms with Crippen molar-refractivity contribution in [3.63, 3.8) is 0 Å². The minimum absolute atomic E-state index is 0.968. The van der Waals surface area contributed by atoms with E-state index < -0.39 is 36.0 Å². The van der Waals surface area contributed by atoms with Crippen LogP contribution >= 0.6 is 0 Å². The van der Waals surface area contributed by atoms with Gasteiger partial charge in [-0.15, -0.1) is 0 Å². The number of hydrogen-bond donors (Lipinski definition) is 5. The van der Waals surface area contributed by atoms with Crippen LogP contribution in [0, 0.1) is 0 Å². The Morgan fingerprint density at radius 2 is 2.14 bits per heavy atom. The Labute approximate surface area is 77.2 Å². The van der Waals surface area contributed by atoms with Crippen LogP contribution in [-0.4, -0.2) is 50.2 Å². The number of carbonyl (C=O) groups excluding carboxylic acids is 1. The van der Waals surface area contributed by atoms with Gasteiger partial charge in [0, 0.05) is 0 Å². The molecule has 0 saturated carbocycles. The Bertz CT molecular complexity index is 284. The molecule has 0 spiro atoms. The van der Waals surface area contributed by atoms with Gasteiger partial charge in [0.15, 0.2) is 6.10 Å². The number of aliphatic hydroxyl groups excluding tert-OH is 3. The van der Waals surface area contributed by atoms with E-state index in [1.54, 1.807) is 0 Å². The molecule has 14 heavy (non-hydrogen) atoms. The third-order valence-corrected chi connectivity index (χ3v) is 1.70. The summed E-state index contributed by atoms with van der Waals surface area (Å²) in [7, 11) is 0. The Balaban J connectivity index is 3.08. The number of hydrogen-bond acceptors (Lipinski definition) is 8. The van der Waals surface area contributed by atoms with Crippen LogP contribution in [0.3, 0.4) is 0 Å². The van der Waals surface area contributed by atoms with Gasteiger partial charge in [-0.25, -0.2) is 10.1 Å². The predicted octanol–water partition coefficient (Wildman–Crippen LogP) is -2.16. The van der Waals surface area contributed by atoms with Gasteiger partial charge in [-0.3, -0.25) is 0 Å². The SMILES string of the molecule is O=C1O[C@](O)([C@@H](O)CO)C(OO)=C1O. The van der Waals surface area contributed by atoms with Crippen molar-refractivity contribution in [1.82, 2.24) is 0 Å². The highest BCUT2D eigenvalue weighted by Gasteiger charge is 2.55. The van der Waals surface area contributed by atoms with Crippen molar-refractivity contribution in [2.45, 2.75) is 11.9 Å². The molecular formula is C6H8O8. The Hall–Kier alpha value is -1.35. The molecule has 1 rings (SSSR count). The van der Waals surface area contributed by atoms with Gasteiger partial charge in [0.1, 0.15) is 0 Å². The lowest BCUT2D eigenvalue weighted by atomic mass is 10.1. The maximum Gasteiger partial charge on any atom is 0.380 e. The predicted molar refractivity (Wildman–Crippen MR) is 37.5 cm³/mol. The van der Waals surface area contributed by atoms with E-state index in [1.807, 2.05) is 0 Å². The average molecular weight is 208 g/mol. The number of aliphatic hydroxyl groups is 4. The molecule has 0 aliphatic carbocycles. The smallest absolute Gasteiger partial charge is 0.380 e. The van der Waals surface area contributed by atoms with E-state index in [2.05, 4.69) is 9.62 Å². The first-order valence-electron chi connectivity index (χ1n) is 3.47. The van der Waals surface area contributed by atoms with Gasteiger partial charge < -0.3 is 30.1 Å². The van der Waals surface area contributed by atoms with Crippen molar-refractivity contribution in [3.8, 4) is 0 Å². The van der Waals surface area contributed by atoms with Crippen molar-refractivity contribution < 1.29 is 40.1 Å². The van der Waals surface area contributed by atoms with Crippen LogP contribution in [0.15, 0.2) is 11.5 Å². The van der Waals surface area contributed by atoms with Crippen molar-refractivity contribution in [3.05, 3.63) is 11.5 Å². The minimum atomic E-state index is -2.77. The zero-order valence-electron chi connectivity index (χ0n) is 6.75. The number of rotatable bonds is 3. The summed E-state index contributed by atoms with van der Waals surface area (Å²) in [4.78, 5) is 14.2. The number of carbonyl (C=O) groups is 1. The van der Waals surface area contributed by atoms with E-state index in [4.69, 9.17) is 20.6 Å². The second-order valence-corrected chi connectivity index (χ2v) is 2.55. The fourth-order valence-electron chi connectivity index (χ4n) is 0.950. The van der Waals surface area contributed by atoms with E-state index in [1.165, 1.54) is 0 Å². The highest BCUT2D eigenvalue weighted by atomic mass is 17.1. The Kier molecular flexibility index (Phi) is 2.62. The van der Waals surface area contributed by atoms with Gasteiger partial charge in [-0.1, -0.05) is 0 Å². The van der Waals surface area contributed by atoms with Gasteiger partial charge in [-0.05, 0) is 0 Å². The molecule has 5 N–H and O–H groups in total. The molecule has 2 atom stereocenters. The lowest BCUT2D eigenvalue weighted by molar-refractivity contribution is -0.288. The van der Waals surface area contributed by atoms with Crippen LogP contribution in [0.5, 0.6) is 0 Å². The summed E-state index contributed by atoms with van der Waals surface area (Å²) in [5.41, 5.74) is 0. The van der Waals surface area contributed by atoms with Gasteiger partial charge in [0.2, 0.25) is 0 Å². The number of cyclic esters (lactones) is 1. The lowest BCUT2D eigenvalue weighted by Crippen LogP contribution is -2.47. The van der Waals surface area contributed by atoms with Gasteiger partial charge in [-0.2, -0.15) is 0 Å². The molecule has 0 aromatic heterocycles. The third-order valence-electron chi connectivity index (χ3n) is 1.70. The summed E-state index contributed by atoms with van der Waals surface area (Å²) in [6, 6.07) is 0. The maximum absolute atomic E-state index is 10.7. The van der Waals surface area contributed by atoms with E-state index >= 15 is 0 Å². The monoisotopic (exact) mass is 208 g/mol. The fourth-order valence-corrected chi connectivity index (χ4v) is 0.950. The maximum atomic E-state index is 10.7. The van der Waals surface area contributed by atoms with Crippen LogP contribution < -0.4 is 0 Å². The Morgan fingerprint density at radius 3 is 2.57 bits per heavy atom. The normalized spacial score (nSPS) is 29.0. The first-order valence-corrected chi connectivity index (χ1v) is 3.47. The molecule has 0 bridgehead atoms. The third kappa shape index (κ3) is 1.30. The molecule has 0 aromatic rings. The van der Waals surface area contributed by atoms with Crippen LogP contribution in [-0.2, 0) is 14.4 Å². The van der Waals surface area contributed by atoms with Crippen molar-refractivity contribution in [2.24, 2.45) is 0 Å². The minimum Gasteiger partial charge on any atom is -0.499 e. The van der Waals surface area contributed by atoms with Gasteiger partial charge in [0.05, 0.1) is 6.61 Å². The van der Waals surface area contributed by atoms with E-state index in [0.29, 0.717) is 0 Å². The Morgan fingerprint density at radius 1 is 1.57 bits per heavy atom. The lowest BCUT2D eigenvalue weighted by Gasteiger charge is -2.25. The molecule has 1 aliphatic heterocycles. The molecule has 0 amide bonds. The molecule has 0 unspecified atom stereocenters. The first-order chi connectivity index (χ1) is 6.47. The first kappa shape index (κ1) is 10.7. The second kappa shape index (κ2) is 3.42. The second-order valence-electron chi connectivity index (χ2n) is 2.55. The van der Waals surface area contributed by atoms with Crippen LogP contribution in [0.1, 0.15) is 0 Å². The van der Waals surface area contributed by atoms with Crippen LogP contribution in [0.2, 0.25) is 0 Å². The largest absolute Gasteiger partial charge is 0.499 e. The van der Waals surface area contributed by atoms with Gasteiger partial charge >= 0.3 is 11.8 Å². The zero-order valence-corrected chi connectivity index (χ0v) is 6.75. The van der Waals surface area contributed by atoms with Crippen molar-refractivity contribution in [1.29, 1.82) is 0 Å². The molecule has 0 saturated heterocycles. The van der Waals surface area contributed by atoms with Gasteiger partial charge in [0.25, 0.3) is 11.5 Å². The summed E-state index contributed by atoms with van der Waals surface area (Å²) in [5, 5.41) is 44.1. The molecule has 0 fully saturated rings. The molecule has 8 heteroatoms. The highest BCUT2D eigenvalue weighted by Crippen LogP contribution is 2.32. The van der Waals surface area contributed by atoms with E-state index in [9.17, 15) is 9.90 Å². The molecule has 1 aliphatic rings. The molecule has 8 nitrogen and oxygen atoms in total. The summed E-state index contributed by atoms with van der Waals surface area (Å²) in [6.45, 7) is -0.968. The summed E-state index contributed by atoms with van der Waals surface area (Å²) >= 11 is 0. The number of ether oxygens (including phenoxy) is 1. The molecule has 80 valence electrons. The standard InChI is InChI=1S/C6H8O8/c7-1-2(8)6(11)4(14-12)3(9)5(10)13-6/h2,7-9,11-12H,1H2/t2-,6+/m0/s1. The van der Waals surface area contributed by atoms with E-state index in [-0.39, 0.29) is 0 Å². The van der Waals surface area contributed by atoms with Crippen molar-refractivity contribution in [2.75, 3.05) is 6.61 Å². The number of esters is 1. The quantitative estimate of drug-likeness (QED) is 0.201. The van der Waals surface area contributed by atoms with Crippen LogP contribution in [0.4, 0.5) is 0 Å². The molecule has 0 radical (unpaired) electrons. The molecule has 0 aromatic carbocycles. The zero-order chi connectivity index (χ0) is 10.9. The molecule has 1 heterocycles. The van der Waals surface area contributed by atoms with E-state index in [0.717, 1.165) is 0 Å². The average Bonchev–Trinajstić information content (AvgIpc) is 2.38. The highest BCUT2D eigenvalue weighted by molar-refractivity contribution is 5.89. The topological polar surface area (TPSA) is 137 Å².